The summed E-state index contributed by atoms with van der Waals surface area (Å²) in [5.41, 5.74) is 8.51. The van der Waals surface area contributed by atoms with Gasteiger partial charge in [0, 0.05) is 23.6 Å². The van der Waals surface area contributed by atoms with E-state index in [9.17, 15) is 0 Å². The zero-order valence-corrected chi connectivity index (χ0v) is 13.6. The zero-order valence-electron chi connectivity index (χ0n) is 12.0. The molecule has 19 heavy (non-hydrogen) atoms. The minimum absolute atomic E-state index is 0.219. The minimum Gasteiger partial charge on any atom is -0.371 e. The second-order valence-corrected chi connectivity index (χ2v) is 6.84. The Bertz CT molecular complexity index is 417. The number of benzene rings is 1. The average molecular weight is 325 g/mol. The Labute approximate surface area is 125 Å². The molecule has 0 bridgehead atoms. The number of hydrogen-bond acceptors (Lipinski definition) is 2. The molecular formula is C16H25BrN2. The summed E-state index contributed by atoms with van der Waals surface area (Å²) in [4.78, 5) is 2.52. The molecule has 106 valence electrons. The van der Waals surface area contributed by atoms with E-state index >= 15 is 0 Å². The SMILES string of the molecule is CC(N)Cc1ccc(N2CCCC(C)CC2)c(Br)c1. The third-order valence-corrected chi connectivity index (χ3v) is 4.56. The number of nitrogens with zero attached hydrogens (tertiary/aromatic N) is 1. The van der Waals surface area contributed by atoms with Gasteiger partial charge in [-0.1, -0.05) is 13.0 Å². The lowest BCUT2D eigenvalue weighted by Crippen LogP contribution is -2.24. The molecule has 0 aromatic heterocycles. The molecule has 0 radical (unpaired) electrons. The van der Waals surface area contributed by atoms with Crippen molar-refractivity contribution in [2.45, 2.75) is 45.6 Å². The van der Waals surface area contributed by atoms with Gasteiger partial charge < -0.3 is 10.6 Å². The maximum Gasteiger partial charge on any atom is 0.0510 e. The van der Waals surface area contributed by atoms with Crippen molar-refractivity contribution in [3.8, 4) is 0 Å². The largest absolute Gasteiger partial charge is 0.371 e. The van der Waals surface area contributed by atoms with Gasteiger partial charge >= 0.3 is 0 Å². The Balaban J connectivity index is 2.11. The van der Waals surface area contributed by atoms with Crippen LogP contribution >= 0.6 is 15.9 Å². The summed E-state index contributed by atoms with van der Waals surface area (Å²) < 4.78 is 1.21. The maximum absolute atomic E-state index is 5.87. The van der Waals surface area contributed by atoms with Gasteiger partial charge in [0.15, 0.2) is 0 Å². The molecule has 1 saturated heterocycles. The molecule has 2 nitrogen and oxygen atoms in total. The summed E-state index contributed by atoms with van der Waals surface area (Å²) in [6.45, 7) is 6.77. The summed E-state index contributed by atoms with van der Waals surface area (Å²) in [7, 11) is 0. The van der Waals surface area contributed by atoms with E-state index in [2.05, 4.69) is 52.9 Å². The number of anilines is 1. The Kier molecular flexibility index (Phi) is 5.28. The van der Waals surface area contributed by atoms with Crippen molar-refractivity contribution in [1.82, 2.24) is 0 Å². The van der Waals surface area contributed by atoms with Gasteiger partial charge in [0.2, 0.25) is 0 Å². The van der Waals surface area contributed by atoms with Gasteiger partial charge in [-0.2, -0.15) is 0 Å². The van der Waals surface area contributed by atoms with E-state index in [1.807, 2.05) is 0 Å². The number of rotatable bonds is 3. The highest BCUT2D eigenvalue weighted by Crippen LogP contribution is 2.30. The van der Waals surface area contributed by atoms with Gasteiger partial charge in [-0.25, -0.2) is 0 Å². The molecule has 0 saturated carbocycles. The van der Waals surface area contributed by atoms with Crippen LogP contribution in [0.4, 0.5) is 5.69 Å². The second kappa shape index (κ2) is 6.76. The Morgan fingerprint density at radius 1 is 1.37 bits per heavy atom. The first-order valence-electron chi connectivity index (χ1n) is 7.35. The molecule has 3 heteroatoms. The smallest absolute Gasteiger partial charge is 0.0510 e. The lowest BCUT2D eigenvalue weighted by Gasteiger charge is -2.24. The van der Waals surface area contributed by atoms with Crippen molar-refractivity contribution in [3.63, 3.8) is 0 Å². The van der Waals surface area contributed by atoms with Crippen LogP contribution in [0.3, 0.4) is 0 Å². The Morgan fingerprint density at radius 2 is 2.16 bits per heavy atom. The molecule has 1 fully saturated rings. The van der Waals surface area contributed by atoms with E-state index in [-0.39, 0.29) is 6.04 Å². The molecular weight excluding hydrogens is 300 g/mol. The molecule has 1 aromatic carbocycles. The van der Waals surface area contributed by atoms with Crippen LogP contribution in [0.5, 0.6) is 0 Å². The first-order chi connectivity index (χ1) is 9.06. The van der Waals surface area contributed by atoms with Crippen molar-refractivity contribution in [2.75, 3.05) is 18.0 Å². The maximum atomic E-state index is 5.87. The van der Waals surface area contributed by atoms with E-state index in [0.29, 0.717) is 0 Å². The highest BCUT2D eigenvalue weighted by Gasteiger charge is 2.16. The summed E-state index contributed by atoms with van der Waals surface area (Å²) in [6, 6.07) is 6.92. The molecule has 2 atom stereocenters. The normalized spacial score (nSPS) is 22.1. The highest BCUT2D eigenvalue weighted by atomic mass is 79.9. The molecule has 1 heterocycles. The Morgan fingerprint density at radius 3 is 2.84 bits per heavy atom. The molecule has 1 aliphatic rings. The number of hydrogen-bond donors (Lipinski definition) is 1. The summed E-state index contributed by atoms with van der Waals surface area (Å²) in [5, 5.41) is 0. The van der Waals surface area contributed by atoms with Crippen molar-refractivity contribution in [1.29, 1.82) is 0 Å². The van der Waals surface area contributed by atoms with Gasteiger partial charge in [0.1, 0.15) is 0 Å². The van der Waals surface area contributed by atoms with Crippen LogP contribution < -0.4 is 10.6 Å². The molecule has 2 N–H and O–H groups in total. The van der Waals surface area contributed by atoms with Crippen molar-refractivity contribution >= 4 is 21.6 Å². The molecule has 2 rings (SSSR count). The zero-order chi connectivity index (χ0) is 13.8. The van der Waals surface area contributed by atoms with Gasteiger partial charge in [-0.15, -0.1) is 0 Å². The lowest BCUT2D eigenvalue weighted by molar-refractivity contribution is 0.521. The fraction of sp³-hybridized carbons (Fsp3) is 0.625. The van der Waals surface area contributed by atoms with Crippen molar-refractivity contribution in [3.05, 3.63) is 28.2 Å². The van der Waals surface area contributed by atoms with Crippen LogP contribution in [-0.4, -0.2) is 19.1 Å². The number of nitrogens with two attached hydrogens (primary N) is 1. The highest BCUT2D eigenvalue weighted by molar-refractivity contribution is 9.10. The van der Waals surface area contributed by atoms with E-state index in [4.69, 9.17) is 5.73 Å². The fourth-order valence-electron chi connectivity index (χ4n) is 2.81. The number of halogens is 1. The summed E-state index contributed by atoms with van der Waals surface area (Å²) in [5.74, 6) is 0.862. The van der Waals surface area contributed by atoms with Crippen molar-refractivity contribution < 1.29 is 0 Å². The lowest BCUT2D eigenvalue weighted by atomic mass is 10.0. The van der Waals surface area contributed by atoms with Crippen LogP contribution in [0.25, 0.3) is 0 Å². The topological polar surface area (TPSA) is 29.3 Å². The van der Waals surface area contributed by atoms with Gasteiger partial charge in [0.05, 0.1) is 5.69 Å². The van der Waals surface area contributed by atoms with Crippen LogP contribution in [0.15, 0.2) is 22.7 Å². The summed E-state index contributed by atoms with van der Waals surface area (Å²) >= 11 is 3.73. The van der Waals surface area contributed by atoms with Gasteiger partial charge in [-0.05, 0) is 72.2 Å². The molecule has 0 spiro atoms. The van der Waals surface area contributed by atoms with E-state index < -0.39 is 0 Å². The first kappa shape index (κ1) is 14.9. The standard InChI is InChI=1S/C16H25BrN2/c1-12-4-3-8-19(9-7-12)16-6-5-14(10-13(2)18)11-15(16)17/h5-6,11-13H,3-4,7-10,18H2,1-2H3. The van der Waals surface area contributed by atoms with Gasteiger partial charge in [-0.3, -0.25) is 0 Å². The predicted molar refractivity (Wildman–Crippen MR) is 86.7 cm³/mol. The molecule has 0 aliphatic carbocycles. The fourth-order valence-corrected chi connectivity index (χ4v) is 3.49. The minimum atomic E-state index is 0.219. The Hall–Kier alpha value is -0.540. The van der Waals surface area contributed by atoms with Crippen LogP contribution in [0.2, 0.25) is 0 Å². The first-order valence-corrected chi connectivity index (χ1v) is 8.14. The quantitative estimate of drug-likeness (QED) is 0.911. The van der Waals surface area contributed by atoms with Crippen LogP contribution in [0, 0.1) is 5.92 Å². The van der Waals surface area contributed by atoms with Crippen LogP contribution in [0.1, 0.15) is 38.7 Å². The average Bonchev–Trinajstić information content (AvgIpc) is 2.54. The second-order valence-electron chi connectivity index (χ2n) is 5.99. The molecule has 1 aliphatic heterocycles. The molecule has 1 aromatic rings. The monoisotopic (exact) mass is 324 g/mol. The van der Waals surface area contributed by atoms with E-state index in [1.54, 1.807) is 0 Å². The predicted octanol–water partition coefficient (Wildman–Crippen LogP) is 3.97. The summed E-state index contributed by atoms with van der Waals surface area (Å²) in [6.07, 6.45) is 4.90. The van der Waals surface area contributed by atoms with Gasteiger partial charge in [0.25, 0.3) is 0 Å². The van der Waals surface area contributed by atoms with E-state index in [0.717, 1.165) is 12.3 Å². The van der Waals surface area contributed by atoms with Crippen LogP contribution in [-0.2, 0) is 6.42 Å². The molecule has 0 amide bonds. The third kappa shape index (κ3) is 4.22. The third-order valence-electron chi connectivity index (χ3n) is 3.93. The molecule has 2 unspecified atom stereocenters. The van der Waals surface area contributed by atoms with Crippen molar-refractivity contribution in [2.24, 2.45) is 11.7 Å². The van der Waals surface area contributed by atoms with E-state index in [1.165, 1.54) is 48.1 Å².